The average Bonchev–Trinajstić information content (AvgIpc) is 3.07. The van der Waals surface area contributed by atoms with Crippen molar-refractivity contribution in [3.05, 3.63) is 140 Å². The Morgan fingerprint density at radius 3 is 1.70 bits per heavy atom. The first-order valence-corrected chi connectivity index (χ1v) is 16.3. The SMILES string of the molecule is O=C(O)c1ccc(Br)cc1.O=C(c1ccc(Br)cc1)N1CCCC(c2ccccc2)C1.c1ccc(C2CCCNC2)cc1. The molecule has 224 valence electrons. The number of aromatic carboxylic acids is 1. The maximum atomic E-state index is 12.6. The molecule has 0 bridgehead atoms. The van der Waals surface area contributed by atoms with Crippen molar-refractivity contribution in [3.63, 3.8) is 0 Å². The normalized spacial score (nSPS) is 17.9. The van der Waals surface area contributed by atoms with Crippen LogP contribution in [-0.2, 0) is 0 Å². The van der Waals surface area contributed by atoms with E-state index in [2.05, 4.69) is 91.8 Å². The molecular weight excluding hydrogens is 668 g/mol. The van der Waals surface area contributed by atoms with Gasteiger partial charge in [0.05, 0.1) is 5.56 Å². The highest BCUT2D eigenvalue weighted by molar-refractivity contribution is 9.10. The van der Waals surface area contributed by atoms with Gasteiger partial charge in [-0.2, -0.15) is 0 Å². The monoisotopic (exact) mass is 704 g/mol. The van der Waals surface area contributed by atoms with Crippen molar-refractivity contribution in [2.45, 2.75) is 37.5 Å². The van der Waals surface area contributed by atoms with Crippen LogP contribution in [0.25, 0.3) is 0 Å². The van der Waals surface area contributed by atoms with Gasteiger partial charge in [0.15, 0.2) is 0 Å². The number of likely N-dealkylation sites (tertiary alicyclic amines) is 1. The summed E-state index contributed by atoms with van der Waals surface area (Å²) >= 11 is 6.61. The summed E-state index contributed by atoms with van der Waals surface area (Å²) in [6.07, 6.45) is 4.90. The van der Waals surface area contributed by atoms with E-state index in [-0.39, 0.29) is 5.91 Å². The highest BCUT2D eigenvalue weighted by Crippen LogP contribution is 2.28. The Labute approximate surface area is 271 Å². The first-order chi connectivity index (χ1) is 20.9. The van der Waals surface area contributed by atoms with E-state index in [0.717, 1.165) is 52.9 Å². The van der Waals surface area contributed by atoms with Crippen molar-refractivity contribution in [2.24, 2.45) is 0 Å². The lowest BCUT2D eigenvalue weighted by Gasteiger charge is -2.33. The van der Waals surface area contributed by atoms with Gasteiger partial charge in [-0.25, -0.2) is 4.79 Å². The van der Waals surface area contributed by atoms with E-state index in [1.54, 1.807) is 24.3 Å². The van der Waals surface area contributed by atoms with Crippen LogP contribution in [-0.4, -0.2) is 48.1 Å². The molecule has 2 heterocycles. The third-order valence-corrected chi connectivity index (χ3v) is 8.79. The van der Waals surface area contributed by atoms with Crippen molar-refractivity contribution < 1.29 is 14.7 Å². The Kier molecular flexibility index (Phi) is 13.0. The maximum absolute atomic E-state index is 12.6. The Morgan fingerprint density at radius 2 is 1.19 bits per heavy atom. The molecule has 2 aliphatic heterocycles. The summed E-state index contributed by atoms with van der Waals surface area (Å²) in [5.74, 6) is 0.454. The van der Waals surface area contributed by atoms with Gasteiger partial charge in [0.1, 0.15) is 0 Å². The van der Waals surface area contributed by atoms with Gasteiger partial charge in [0.2, 0.25) is 0 Å². The van der Waals surface area contributed by atoms with Crippen LogP contribution in [0.15, 0.2) is 118 Å². The van der Waals surface area contributed by atoms with Gasteiger partial charge in [-0.1, -0.05) is 92.5 Å². The number of carboxylic acid groups (broad SMARTS) is 1. The van der Waals surface area contributed by atoms with Gasteiger partial charge in [0.25, 0.3) is 5.91 Å². The second kappa shape index (κ2) is 17.1. The minimum atomic E-state index is -0.896. The van der Waals surface area contributed by atoms with Crippen LogP contribution in [0.5, 0.6) is 0 Å². The summed E-state index contributed by atoms with van der Waals surface area (Å²) in [6, 6.07) is 35.4. The van der Waals surface area contributed by atoms with Gasteiger partial charge in [-0.3, -0.25) is 4.79 Å². The molecule has 0 aliphatic carbocycles. The predicted molar refractivity (Wildman–Crippen MR) is 181 cm³/mol. The summed E-state index contributed by atoms with van der Waals surface area (Å²) in [6.45, 7) is 4.03. The number of amides is 1. The predicted octanol–water partition coefficient (Wildman–Crippen LogP) is 8.77. The number of rotatable bonds is 4. The van der Waals surface area contributed by atoms with Crippen molar-refractivity contribution in [2.75, 3.05) is 26.2 Å². The number of nitrogens with one attached hydrogen (secondary N) is 1. The number of carboxylic acids is 1. The lowest BCUT2D eigenvalue weighted by Crippen LogP contribution is -2.39. The number of piperidine rings is 2. The molecule has 0 spiro atoms. The lowest BCUT2D eigenvalue weighted by atomic mass is 9.90. The summed E-state index contributed by atoms with van der Waals surface area (Å²) in [7, 11) is 0. The van der Waals surface area contributed by atoms with E-state index in [1.165, 1.54) is 30.5 Å². The number of nitrogens with zero attached hydrogens (tertiary/aromatic N) is 1. The van der Waals surface area contributed by atoms with Crippen molar-refractivity contribution in [3.8, 4) is 0 Å². The molecule has 0 saturated carbocycles. The van der Waals surface area contributed by atoms with Crippen LogP contribution in [0.3, 0.4) is 0 Å². The maximum Gasteiger partial charge on any atom is 0.335 e. The van der Waals surface area contributed by atoms with Crippen LogP contribution >= 0.6 is 31.9 Å². The van der Waals surface area contributed by atoms with Crippen LogP contribution in [0.1, 0.15) is 69.4 Å². The molecule has 1 amide bonds. The number of carbonyl (C=O) groups excluding carboxylic acids is 1. The zero-order valence-corrected chi connectivity index (χ0v) is 27.3. The van der Waals surface area contributed by atoms with Crippen molar-refractivity contribution in [1.82, 2.24) is 10.2 Å². The molecular formula is C36H38Br2N2O3. The van der Waals surface area contributed by atoms with Crippen LogP contribution < -0.4 is 5.32 Å². The molecule has 4 aromatic carbocycles. The fourth-order valence-corrected chi connectivity index (χ4v) is 5.92. The first kappa shape index (κ1) is 32.6. The number of benzene rings is 4. The molecule has 2 saturated heterocycles. The number of halogens is 2. The van der Waals surface area contributed by atoms with E-state index in [9.17, 15) is 9.59 Å². The smallest absolute Gasteiger partial charge is 0.335 e. The summed E-state index contributed by atoms with van der Waals surface area (Å²) < 4.78 is 1.89. The Morgan fingerprint density at radius 1 is 0.674 bits per heavy atom. The second-order valence-electron chi connectivity index (χ2n) is 10.8. The molecule has 6 rings (SSSR count). The number of carbonyl (C=O) groups is 2. The minimum absolute atomic E-state index is 0.142. The van der Waals surface area contributed by atoms with E-state index in [1.807, 2.05) is 35.2 Å². The van der Waals surface area contributed by atoms with Gasteiger partial charge in [-0.05, 0) is 97.8 Å². The Hall–Kier alpha value is -3.26. The Bertz CT molecular complexity index is 1410. The largest absolute Gasteiger partial charge is 0.478 e. The van der Waals surface area contributed by atoms with Crippen LogP contribution in [0, 0.1) is 0 Å². The molecule has 4 aromatic rings. The first-order valence-electron chi connectivity index (χ1n) is 14.7. The van der Waals surface area contributed by atoms with Gasteiger partial charge in [0, 0.05) is 40.1 Å². The molecule has 43 heavy (non-hydrogen) atoms. The standard InChI is InChI=1S/C18H18BrNO.C11H15N.C7H5BrO2/c19-17-10-8-15(9-11-17)18(21)20-12-4-7-16(13-20)14-5-2-1-3-6-14;1-2-5-10(6-3-1)11-7-4-8-12-9-11;8-6-3-1-5(2-4-6)7(9)10/h1-3,5-6,8-11,16H,4,7,12-13H2;1-3,5-6,11-12H,4,7-9H2;1-4H,(H,9,10). The minimum Gasteiger partial charge on any atom is -0.478 e. The quantitative estimate of drug-likeness (QED) is 0.223. The average molecular weight is 707 g/mol. The molecule has 5 nitrogen and oxygen atoms in total. The zero-order chi connectivity index (χ0) is 30.4. The van der Waals surface area contributed by atoms with Gasteiger partial charge < -0.3 is 15.3 Å². The third kappa shape index (κ3) is 10.4. The van der Waals surface area contributed by atoms with Crippen molar-refractivity contribution >= 4 is 43.7 Å². The van der Waals surface area contributed by atoms with Crippen LogP contribution in [0.4, 0.5) is 0 Å². The van der Waals surface area contributed by atoms with E-state index in [0.29, 0.717) is 11.5 Å². The highest BCUT2D eigenvalue weighted by Gasteiger charge is 2.25. The summed E-state index contributed by atoms with van der Waals surface area (Å²) in [4.78, 5) is 24.9. The molecule has 7 heteroatoms. The van der Waals surface area contributed by atoms with E-state index < -0.39 is 5.97 Å². The molecule has 0 radical (unpaired) electrons. The van der Waals surface area contributed by atoms with Gasteiger partial charge >= 0.3 is 5.97 Å². The summed E-state index contributed by atoms with van der Waals surface area (Å²) in [5.41, 5.74) is 3.91. The molecule has 2 aliphatic rings. The van der Waals surface area contributed by atoms with Crippen LogP contribution in [0.2, 0.25) is 0 Å². The lowest BCUT2D eigenvalue weighted by molar-refractivity contribution is 0.0692. The Balaban J connectivity index is 0.000000163. The fourth-order valence-electron chi connectivity index (χ4n) is 5.39. The van der Waals surface area contributed by atoms with Crippen molar-refractivity contribution in [1.29, 1.82) is 0 Å². The second-order valence-corrected chi connectivity index (χ2v) is 12.6. The third-order valence-electron chi connectivity index (χ3n) is 7.73. The molecule has 2 N–H and O–H groups in total. The molecule has 2 unspecified atom stereocenters. The molecule has 0 aromatic heterocycles. The number of hydrogen-bond donors (Lipinski definition) is 2. The molecule has 2 fully saturated rings. The van der Waals surface area contributed by atoms with E-state index in [4.69, 9.17) is 5.11 Å². The summed E-state index contributed by atoms with van der Waals surface area (Å²) in [5, 5.41) is 11.9. The fraction of sp³-hybridized carbons (Fsp3) is 0.278. The number of hydrogen-bond acceptors (Lipinski definition) is 3. The topological polar surface area (TPSA) is 69.6 Å². The van der Waals surface area contributed by atoms with E-state index >= 15 is 0 Å². The zero-order valence-electron chi connectivity index (χ0n) is 24.2. The highest BCUT2D eigenvalue weighted by atomic mass is 79.9. The van der Waals surface area contributed by atoms with Gasteiger partial charge in [-0.15, -0.1) is 0 Å². The molecule has 2 atom stereocenters.